The second-order valence-corrected chi connectivity index (χ2v) is 7.13. The first-order valence-electron chi connectivity index (χ1n) is 9.22. The van der Waals surface area contributed by atoms with Crippen LogP contribution in [0.15, 0.2) is 12.3 Å². The van der Waals surface area contributed by atoms with Crippen molar-refractivity contribution in [1.82, 2.24) is 24.9 Å². The van der Waals surface area contributed by atoms with E-state index in [2.05, 4.69) is 15.3 Å². The predicted octanol–water partition coefficient (Wildman–Crippen LogP) is 1.59. The molecule has 1 fully saturated rings. The number of aromatic amines is 1. The minimum absolute atomic E-state index is 0.0154. The Morgan fingerprint density at radius 3 is 2.96 bits per heavy atom. The predicted molar refractivity (Wildman–Crippen MR) is 93.0 cm³/mol. The largest absolute Gasteiger partial charge is 0.480 e. The molecule has 2 N–H and O–H groups in total. The molecular weight excluding hydrogens is 334 g/mol. The van der Waals surface area contributed by atoms with E-state index < -0.39 is 5.97 Å². The molecule has 0 aromatic carbocycles. The fourth-order valence-electron chi connectivity index (χ4n) is 4.16. The Morgan fingerprint density at radius 2 is 2.12 bits per heavy atom. The first-order valence-corrected chi connectivity index (χ1v) is 9.22. The molecule has 26 heavy (non-hydrogen) atoms. The van der Waals surface area contributed by atoms with Crippen molar-refractivity contribution >= 4 is 11.9 Å². The van der Waals surface area contributed by atoms with Gasteiger partial charge in [0.15, 0.2) is 5.69 Å². The molecule has 4 rings (SSSR count). The van der Waals surface area contributed by atoms with Crippen LogP contribution in [0.4, 0.5) is 0 Å². The van der Waals surface area contributed by atoms with Crippen LogP contribution < -0.4 is 0 Å². The normalized spacial score (nSPS) is 20.0. The Balaban J connectivity index is 1.52. The summed E-state index contributed by atoms with van der Waals surface area (Å²) in [6.45, 7) is 1.13. The molecule has 2 aromatic rings. The molecule has 0 saturated carbocycles. The lowest BCUT2D eigenvalue weighted by molar-refractivity contribution is -0.137. The maximum absolute atomic E-state index is 13.0. The summed E-state index contributed by atoms with van der Waals surface area (Å²) in [5.74, 6) is -0.829. The summed E-state index contributed by atoms with van der Waals surface area (Å²) in [6.07, 6.45) is 7.56. The third kappa shape index (κ3) is 3.11. The summed E-state index contributed by atoms with van der Waals surface area (Å²) in [5, 5.41) is 20.5. The number of piperidine rings is 1. The number of carboxylic acids is 1. The number of hydrogen-bond acceptors (Lipinski definition) is 4. The van der Waals surface area contributed by atoms with Crippen LogP contribution in [0.3, 0.4) is 0 Å². The molecule has 8 nitrogen and oxygen atoms in total. The highest BCUT2D eigenvalue weighted by atomic mass is 16.4. The molecule has 1 amide bonds. The lowest BCUT2D eigenvalue weighted by Crippen LogP contribution is -2.40. The summed E-state index contributed by atoms with van der Waals surface area (Å²) in [4.78, 5) is 25.9. The van der Waals surface area contributed by atoms with Gasteiger partial charge in [0.2, 0.25) is 0 Å². The van der Waals surface area contributed by atoms with E-state index in [0.717, 1.165) is 55.5 Å². The van der Waals surface area contributed by atoms with Crippen LogP contribution in [0.5, 0.6) is 0 Å². The zero-order valence-electron chi connectivity index (χ0n) is 14.6. The summed E-state index contributed by atoms with van der Waals surface area (Å²) in [6, 6.07) is 1.86. The van der Waals surface area contributed by atoms with E-state index in [1.807, 2.05) is 11.0 Å². The molecule has 2 aliphatic rings. The number of rotatable bonds is 4. The number of carbonyl (C=O) groups is 2. The van der Waals surface area contributed by atoms with Crippen molar-refractivity contribution in [3.63, 3.8) is 0 Å². The molecular formula is C18H23N5O3. The standard InChI is InChI=1S/C18H23N5O3/c24-16(25)11-23-15(7-8-19-23)12-4-3-9-22(10-12)18(26)17-13-5-1-2-6-14(13)20-21-17/h7-8,12H,1-6,9-11H2,(H,20,21)(H,24,25)/t12-/m1/s1. The topological polar surface area (TPSA) is 104 Å². The van der Waals surface area contributed by atoms with Gasteiger partial charge in [0.05, 0.1) is 0 Å². The van der Waals surface area contributed by atoms with Gasteiger partial charge in [0.25, 0.3) is 5.91 Å². The van der Waals surface area contributed by atoms with Crippen molar-refractivity contribution in [2.45, 2.75) is 51.0 Å². The quantitative estimate of drug-likeness (QED) is 0.865. The third-order valence-corrected chi connectivity index (χ3v) is 5.42. The van der Waals surface area contributed by atoms with Gasteiger partial charge >= 0.3 is 5.97 Å². The minimum atomic E-state index is -0.915. The monoisotopic (exact) mass is 357 g/mol. The Kier molecular flexibility index (Phi) is 4.48. The maximum atomic E-state index is 13.0. The molecule has 1 atom stereocenters. The van der Waals surface area contributed by atoms with Crippen LogP contribution in [0.1, 0.15) is 59.0 Å². The van der Waals surface area contributed by atoms with Gasteiger partial charge in [-0.3, -0.25) is 19.4 Å². The highest BCUT2D eigenvalue weighted by Gasteiger charge is 2.31. The van der Waals surface area contributed by atoms with Gasteiger partial charge in [-0.1, -0.05) is 0 Å². The average Bonchev–Trinajstić information content (AvgIpc) is 3.27. The highest BCUT2D eigenvalue weighted by molar-refractivity contribution is 5.94. The fraction of sp³-hybridized carbons (Fsp3) is 0.556. The first-order chi connectivity index (χ1) is 12.6. The SMILES string of the molecule is O=C(O)Cn1nccc1[C@@H]1CCCN(C(=O)c2n[nH]c3c2CCCC3)C1. The lowest BCUT2D eigenvalue weighted by Gasteiger charge is -2.32. The summed E-state index contributed by atoms with van der Waals surface area (Å²) >= 11 is 0. The van der Waals surface area contributed by atoms with Crippen molar-refractivity contribution < 1.29 is 14.7 Å². The van der Waals surface area contributed by atoms with Crippen molar-refractivity contribution in [3.8, 4) is 0 Å². The zero-order valence-corrected chi connectivity index (χ0v) is 14.6. The number of nitrogens with one attached hydrogen (secondary N) is 1. The minimum Gasteiger partial charge on any atom is -0.480 e. The number of fused-ring (bicyclic) bond motifs is 1. The van der Waals surface area contributed by atoms with Gasteiger partial charge in [-0.25, -0.2) is 0 Å². The second kappa shape index (κ2) is 6.93. The summed E-state index contributed by atoms with van der Waals surface area (Å²) < 4.78 is 1.53. The molecule has 0 unspecified atom stereocenters. The van der Waals surface area contributed by atoms with Crippen molar-refractivity contribution in [3.05, 3.63) is 34.9 Å². The molecule has 0 bridgehead atoms. The Labute approximate surface area is 151 Å². The first kappa shape index (κ1) is 16.8. The number of aliphatic carboxylic acids is 1. The van der Waals surface area contributed by atoms with E-state index in [-0.39, 0.29) is 18.4 Å². The molecule has 0 radical (unpaired) electrons. The summed E-state index contributed by atoms with van der Waals surface area (Å²) in [5.41, 5.74) is 3.64. The van der Waals surface area contributed by atoms with Crippen molar-refractivity contribution in [2.24, 2.45) is 0 Å². The third-order valence-electron chi connectivity index (χ3n) is 5.42. The zero-order chi connectivity index (χ0) is 18.1. The molecule has 3 heterocycles. The van der Waals surface area contributed by atoms with Crippen LogP contribution >= 0.6 is 0 Å². The number of amides is 1. The van der Waals surface area contributed by atoms with E-state index in [4.69, 9.17) is 5.11 Å². The van der Waals surface area contributed by atoms with Gasteiger partial charge in [0, 0.05) is 42.2 Å². The second-order valence-electron chi connectivity index (χ2n) is 7.13. The van der Waals surface area contributed by atoms with Crippen LogP contribution in [0.25, 0.3) is 0 Å². The van der Waals surface area contributed by atoms with E-state index in [1.54, 1.807) is 6.20 Å². The average molecular weight is 357 g/mol. The molecule has 138 valence electrons. The Hall–Kier alpha value is -2.64. The van der Waals surface area contributed by atoms with Crippen LogP contribution in [0, 0.1) is 0 Å². The van der Waals surface area contributed by atoms with Crippen molar-refractivity contribution in [2.75, 3.05) is 13.1 Å². The van der Waals surface area contributed by atoms with Crippen LogP contribution in [0.2, 0.25) is 0 Å². The van der Waals surface area contributed by atoms with Gasteiger partial charge in [0.1, 0.15) is 6.54 Å². The highest BCUT2D eigenvalue weighted by Crippen LogP contribution is 2.29. The molecule has 8 heteroatoms. The van der Waals surface area contributed by atoms with Gasteiger partial charge < -0.3 is 10.0 Å². The van der Waals surface area contributed by atoms with Gasteiger partial charge in [-0.15, -0.1) is 0 Å². The maximum Gasteiger partial charge on any atom is 0.325 e. The smallest absolute Gasteiger partial charge is 0.325 e. The molecule has 1 aliphatic heterocycles. The van der Waals surface area contributed by atoms with E-state index in [1.165, 1.54) is 4.68 Å². The molecule has 0 spiro atoms. The van der Waals surface area contributed by atoms with E-state index in [0.29, 0.717) is 18.8 Å². The molecule has 2 aromatic heterocycles. The van der Waals surface area contributed by atoms with Gasteiger partial charge in [-0.2, -0.15) is 10.2 Å². The number of H-pyrrole nitrogens is 1. The molecule has 1 aliphatic carbocycles. The molecule has 1 saturated heterocycles. The Morgan fingerprint density at radius 1 is 1.27 bits per heavy atom. The number of hydrogen-bond donors (Lipinski definition) is 2. The number of aromatic nitrogens is 4. The van der Waals surface area contributed by atoms with Crippen LogP contribution in [-0.2, 0) is 24.2 Å². The Bertz CT molecular complexity index is 825. The van der Waals surface area contributed by atoms with Crippen molar-refractivity contribution in [1.29, 1.82) is 0 Å². The number of carbonyl (C=O) groups excluding carboxylic acids is 1. The number of nitrogens with zero attached hydrogens (tertiary/aromatic N) is 4. The summed E-state index contributed by atoms with van der Waals surface area (Å²) in [7, 11) is 0. The lowest BCUT2D eigenvalue weighted by atomic mass is 9.93. The van der Waals surface area contributed by atoms with E-state index in [9.17, 15) is 9.59 Å². The van der Waals surface area contributed by atoms with E-state index >= 15 is 0 Å². The number of likely N-dealkylation sites (tertiary alicyclic amines) is 1. The fourth-order valence-corrected chi connectivity index (χ4v) is 4.16. The number of aryl methyl sites for hydroxylation is 1. The van der Waals surface area contributed by atoms with Crippen LogP contribution in [-0.4, -0.2) is 55.0 Å². The van der Waals surface area contributed by atoms with Gasteiger partial charge in [-0.05, 0) is 44.6 Å². The number of carboxylic acid groups (broad SMARTS) is 1.